The van der Waals surface area contributed by atoms with E-state index in [0.717, 1.165) is 23.4 Å². The van der Waals surface area contributed by atoms with Crippen molar-refractivity contribution in [3.8, 4) is 0 Å². The smallest absolute Gasteiger partial charge is 0.279 e. The molecule has 2 aromatic heterocycles. The summed E-state index contributed by atoms with van der Waals surface area (Å²) in [5, 5.41) is 9.95. The second-order valence-electron chi connectivity index (χ2n) is 4.76. The Bertz CT molecular complexity index is 818. The van der Waals surface area contributed by atoms with Gasteiger partial charge in [-0.3, -0.25) is 4.79 Å². The van der Waals surface area contributed by atoms with Crippen LogP contribution >= 0.6 is 0 Å². The first kappa shape index (κ1) is 13.3. The lowest BCUT2D eigenvalue weighted by atomic mass is 10.2. The molecule has 7 nitrogen and oxygen atoms in total. The first-order valence-corrected chi connectivity index (χ1v) is 6.67. The van der Waals surface area contributed by atoms with E-state index in [4.69, 9.17) is 0 Å². The summed E-state index contributed by atoms with van der Waals surface area (Å²) < 4.78 is 6.65. The van der Waals surface area contributed by atoms with Crippen molar-refractivity contribution in [2.45, 2.75) is 27.3 Å². The number of carbonyl (C=O) groups excluding carboxylic acids is 1. The number of aryl methyl sites for hydroxylation is 3. The largest absolute Gasteiger partial charge is 0.329 e. The van der Waals surface area contributed by atoms with E-state index in [9.17, 15) is 4.79 Å². The third-order valence-electron chi connectivity index (χ3n) is 3.38. The van der Waals surface area contributed by atoms with Crippen LogP contribution in [0.5, 0.6) is 0 Å². The molecule has 7 heteroatoms. The molecule has 3 aromatic rings. The third kappa shape index (κ3) is 2.26. The Kier molecular flexibility index (Phi) is 3.17. The van der Waals surface area contributed by atoms with Crippen molar-refractivity contribution in [1.29, 1.82) is 0 Å². The van der Waals surface area contributed by atoms with Crippen LogP contribution in [-0.2, 0) is 6.54 Å². The van der Waals surface area contributed by atoms with Crippen molar-refractivity contribution in [3.63, 3.8) is 0 Å². The molecule has 0 atom stereocenters. The maximum absolute atomic E-state index is 12.1. The number of rotatable bonds is 3. The number of fused-ring (bicyclic) bond motifs is 1. The summed E-state index contributed by atoms with van der Waals surface area (Å²) in [5.41, 5.74) is 3.20. The Morgan fingerprint density at radius 3 is 2.81 bits per heavy atom. The SMILES string of the molecule is CCn1c(C)nc2cc(NC(=O)c3nonc3C)ccc21. The first-order chi connectivity index (χ1) is 10.1. The molecule has 0 aliphatic heterocycles. The summed E-state index contributed by atoms with van der Waals surface area (Å²) in [7, 11) is 0. The molecular weight excluding hydrogens is 270 g/mol. The molecule has 0 unspecified atom stereocenters. The van der Waals surface area contributed by atoms with Gasteiger partial charge < -0.3 is 9.88 Å². The Hall–Kier alpha value is -2.70. The van der Waals surface area contributed by atoms with Crippen LogP contribution in [0.15, 0.2) is 22.8 Å². The lowest BCUT2D eigenvalue weighted by molar-refractivity contribution is 0.101. The van der Waals surface area contributed by atoms with Gasteiger partial charge in [0.1, 0.15) is 11.5 Å². The van der Waals surface area contributed by atoms with Gasteiger partial charge >= 0.3 is 0 Å². The molecule has 2 heterocycles. The monoisotopic (exact) mass is 285 g/mol. The fraction of sp³-hybridized carbons (Fsp3) is 0.286. The van der Waals surface area contributed by atoms with E-state index in [1.54, 1.807) is 6.92 Å². The number of imidazole rings is 1. The summed E-state index contributed by atoms with van der Waals surface area (Å²) >= 11 is 0. The average Bonchev–Trinajstić information content (AvgIpc) is 3.00. The highest BCUT2D eigenvalue weighted by molar-refractivity contribution is 6.04. The Morgan fingerprint density at radius 1 is 1.33 bits per heavy atom. The number of amides is 1. The van der Waals surface area contributed by atoms with Crippen LogP contribution in [0.1, 0.15) is 28.9 Å². The average molecular weight is 285 g/mol. The van der Waals surface area contributed by atoms with Crippen LogP contribution < -0.4 is 5.32 Å². The highest BCUT2D eigenvalue weighted by atomic mass is 16.6. The number of hydrogen-bond acceptors (Lipinski definition) is 5. The number of carbonyl (C=O) groups is 1. The highest BCUT2D eigenvalue weighted by Gasteiger charge is 2.15. The Balaban J connectivity index is 1.92. The fourth-order valence-electron chi connectivity index (χ4n) is 2.35. The van der Waals surface area contributed by atoms with E-state index in [0.29, 0.717) is 11.4 Å². The van der Waals surface area contributed by atoms with E-state index >= 15 is 0 Å². The normalized spacial score (nSPS) is 11.0. The standard InChI is InChI=1S/C14H15N5O2/c1-4-19-9(3)15-11-7-10(5-6-12(11)19)16-14(20)13-8(2)17-21-18-13/h5-7H,4H2,1-3H3,(H,16,20). The zero-order valence-corrected chi connectivity index (χ0v) is 12.0. The van der Waals surface area contributed by atoms with E-state index in [2.05, 4.69) is 36.7 Å². The van der Waals surface area contributed by atoms with Crippen LogP contribution in [0.2, 0.25) is 0 Å². The minimum atomic E-state index is -0.347. The maximum atomic E-state index is 12.1. The van der Waals surface area contributed by atoms with Crippen molar-refractivity contribution >= 4 is 22.6 Å². The van der Waals surface area contributed by atoms with Gasteiger partial charge in [0.25, 0.3) is 5.91 Å². The van der Waals surface area contributed by atoms with E-state index in [1.165, 1.54) is 0 Å². The fourth-order valence-corrected chi connectivity index (χ4v) is 2.35. The molecule has 0 radical (unpaired) electrons. The molecule has 21 heavy (non-hydrogen) atoms. The van der Waals surface area contributed by atoms with Crippen LogP contribution in [0, 0.1) is 13.8 Å². The second-order valence-corrected chi connectivity index (χ2v) is 4.76. The molecular formula is C14H15N5O2. The second kappa shape index (κ2) is 5.01. The molecule has 0 aliphatic rings. The molecule has 0 spiro atoms. The quantitative estimate of drug-likeness (QED) is 0.798. The molecule has 1 N–H and O–H groups in total. The molecule has 0 saturated carbocycles. The third-order valence-corrected chi connectivity index (χ3v) is 3.38. The Morgan fingerprint density at radius 2 is 2.14 bits per heavy atom. The van der Waals surface area contributed by atoms with Crippen LogP contribution in [0.3, 0.4) is 0 Å². The van der Waals surface area contributed by atoms with E-state index < -0.39 is 0 Å². The van der Waals surface area contributed by atoms with Gasteiger partial charge in [-0.1, -0.05) is 5.16 Å². The van der Waals surface area contributed by atoms with Crippen molar-refractivity contribution in [3.05, 3.63) is 35.4 Å². The number of nitrogens with zero attached hydrogens (tertiary/aromatic N) is 4. The maximum Gasteiger partial charge on any atom is 0.279 e. The lowest BCUT2D eigenvalue weighted by Gasteiger charge is -2.04. The highest BCUT2D eigenvalue weighted by Crippen LogP contribution is 2.20. The topological polar surface area (TPSA) is 85.8 Å². The van der Waals surface area contributed by atoms with Crippen molar-refractivity contribution in [2.24, 2.45) is 0 Å². The number of aromatic nitrogens is 4. The van der Waals surface area contributed by atoms with E-state index in [1.807, 2.05) is 25.1 Å². The van der Waals surface area contributed by atoms with Crippen LogP contribution in [0.4, 0.5) is 5.69 Å². The minimum absolute atomic E-state index is 0.186. The van der Waals surface area contributed by atoms with Gasteiger partial charge in [0.15, 0.2) is 5.69 Å². The molecule has 0 saturated heterocycles. The van der Waals surface area contributed by atoms with Gasteiger partial charge in [-0.05, 0) is 44.1 Å². The van der Waals surface area contributed by atoms with Gasteiger partial charge in [0, 0.05) is 12.2 Å². The predicted octanol–water partition coefficient (Wildman–Crippen LogP) is 2.31. The summed E-state index contributed by atoms with van der Waals surface area (Å²) in [4.78, 5) is 16.6. The lowest BCUT2D eigenvalue weighted by Crippen LogP contribution is -2.13. The van der Waals surface area contributed by atoms with Gasteiger partial charge in [0.2, 0.25) is 0 Å². The molecule has 0 fully saturated rings. The zero-order chi connectivity index (χ0) is 15.0. The summed E-state index contributed by atoms with van der Waals surface area (Å²) in [5.74, 6) is 0.604. The molecule has 1 aromatic carbocycles. The first-order valence-electron chi connectivity index (χ1n) is 6.67. The van der Waals surface area contributed by atoms with Gasteiger partial charge in [-0.25, -0.2) is 9.61 Å². The van der Waals surface area contributed by atoms with Crippen LogP contribution in [0.25, 0.3) is 11.0 Å². The van der Waals surface area contributed by atoms with Gasteiger partial charge in [-0.15, -0.1) is 0 Å². The number of hydrogen-bond donors (Lipinski definition) is 1. The molecule has 0 aliphatic carbocycles. The van der Waals surface area contributed by atoms with Gasteiger partial charge in [0.05, 0.1) is 11.0 Å². The van der Waals surface area contributed by atoms with E-state index in [-0.39, 0.29) is 11.6 Å². The van der Waals surface area contributed by atoms with Crippen molar-refractivity contribution in [1.82, 2.24) is 19.9 Å². The number of nitrogens with one attached hydrogen (secondary N) is 1. The minimum Gasteiger partial charge on any atom is -0.329 e. The number of benzene rings is 1. The Labute approximate surface area is 120 Å². The molecule has 3 rings (SSSR count). The summed E-state index contributed by atoms with van der Waals surface area (Å²) in [6.45, 7) is 6.56. The van der Waals surface area contributed by atoms with Crippen molar-refractivity contribution < 1.29 is 9.42 Å². The van der Waals surface area contributed by atoms with Crippen molar-refractivity contribution in [2.75, 3.05) is 5.32 Å². The van der Waals surface area contributed by atoms with Crippen LogP contribution in [-0.4, -0.2) is 25.8 Å². The number of anilines is 1. The predicted molar refractivity (Wildman–Crippen MR) is 77.1 cm³/mol. The summed E-state index contributed by atoms with van der Waals surface area (Å²) in [6, 6.07) is 5.63. The summed E-state index contributed by atoms with van der Waals surface area (Å²) in [6.07, 6.45) is 0. The molecule has 108 valence electrons. The zero-order valence-electron chi connectivity index (χ0n) is 12.0. The van der Waals surface area contributed by atoms with Gasteiger partial charge in [-0.2, -0.15) is 0 Å². The molecule has 1 amide bonds. The molecule has 0 bridgehead atoms.